The summed E-state index contributed by atoms with van der Waals surface area (Å²) in [5, 5.41) is 12.2. The Hall–Kier alpha value is -2.55. The van der Waals surface area contributed by atoms with Crippen molar-refractivity contribution in [1.82, 2.24) is 14.1 Å². The van der Waals surface area contributed by atoms with E-state index >= 15 is 0 Å². The van der Waals surface area contributed by atoms with E-state index in [9.17, 15) is 17.9 Å². The average Bonchev–Trinajstić information content (AvgIpc) is 3.04. The quantitative estimate of drug-likeness (QED) is 0.688. The summed E-state index contributed by atoms with van der Waals surface area (Å²) >= 11 is 0. The Kier molecular flexibility index (Phi) is 5.46. The van der Waals surface area contributed by atoms with Gasteiger partial charge in [-0.2, -0.15) is 9.40 Å². The lowest BCUT2D eigenvalue weighted by atomic mass is 10.2. The number of nitrogens with zero attached hydrogens (tertiary/aromatic N) is 3. The second kappa shape index (κ2) is 7.77. The Labute approximate surface area is 151 Å². The normalized spacial score (nSPS) is 11.8. The topological polar surface area (TPSA) is 75.4 Å². The molecule has 0 spiro atoms. The zero-order valence-electron chi connectivity index (χ0n) is 13.9. The van der Waals surface area contributed by atoms with Gasteiger partial charge in [0, 0.05) is 13.1 Å². The third-order valence-corrected chi connectivity index (χ3v) is 5.70. The third kappa shape index (κ3) is 3.82. The van der Waals surface area contributed by atoms with Gasteiger partial charge in [0.15, 0.2) is 5.82 Å². The van der Waals surface area contributed by atoms with Crippen LogP contribution in [0.2, 0.25) is 0 Å². The van der Waals surface area contributed by atoms with E-state index in [0.717, 1.165) is 22.0 Å². The first-order valence-corrected chi connectivity index (χ1v) is 9.36. The van der Waals surface area contributed by atoms with Gasteiger partial charge in [-0.25, -0.2) is 17.5 Å². The molecular weight excluding hydrogens is 357 g/mol. The van der Waals surface area contributed by atoms with Crippen molar-refractivity contribution in [2.45, 2.75) is 24.8 Å². The number of aliphatic hydroxyl groups is 1. The van der Waals surface area contributed by atoms with Crippen molar-refractivity contribution in [2.24, 2.45) is 0 Å². The van der Waals surface area contributed by atoms with Crippen molar-refractivity contribution in [3.8, 4) is 0 Å². The highest BCUT2D eigenvalue weighted by atomic mass is 32.2. The predicted octanol–water partition coefficient (Wildman–Crippen LogP) is 2.36. The fourth-order valence-corrected chi connectivity index (χ4v) is 4.18. The van der Waals surface area contributed by atoms with Crippen molar-refractivity contribution < 1.29 is 17.9 Å². The number of benzene rings is 2. The van der Waals surface area contributed by atoms with Crippen molar-refractivity contribution in [3.05, 3.63) is 83.8 Å². The molecule has 0 saturated carbocycles. The smallest absolute Gasteiger partial charge is 0.263 e. The molecule has 136 valence electrons. The van der Waals surface area contributed by atoms with Crippen molar-refractivity contribution in [2.75, 3.05) is 0 Å². The zero-order valence-corrected chi connectivity index (χ0v) is 14.7. The van der Waals surface area contributed by atoms with E-state index in [1.807, 2.05) is 12.1 Å². The van der Waals surface area contributed by atoms with Crippen LogP contribution in [0.15, 0.2) is 71.9 Å². The number of sulfonamides is 1. The van der Waals surface area contributed by atoms with Crippen LogP contribution in [0.25, 0.3) is 0 Å². The summed E-state index contributed by atoms with van der Waals surface area (Å²) in [6.45, 7) is -0.606. The second-order valence-electron chi connectivity index (χ2n) is 5.68. The van der Waals surface area contributed by atoms with Crippen LogP contribution in [0, 0.1) is 5.82 Å². The lowest BCUT2D eigenvalue weighted by Gasteiger charge is -2.22. The van der Waals surface area contributed by atoms with Gasteiger partial charge in [-0.15, -0.1) is 0 Å². The van der Waals surface area contributed by atoms with E-state index < -0.39 is 27.6 Å². The summed E-state index contributed by atoms with van der Waals surface area (Å²) in [6, 6.07) is 18.1. The highest BCUT2D eigenvalue weighted by Gasteiger charge is 2.32. The SMILES string of the molecule is O=S(=O)(c1c(F)cnn1CO)N(Cc1ccccc1)Cc1ccccc1. The minimum atomic E-state index is -4.23. The van der Waals surface area contributed by atoms with E-state index in [4.69, 9.17) is 0 Å². The van der Waals surface area contributed by atoms with Gasteiger partial charge in [-0.1, -0.05) is 60.7 Å². The minimum Gasteiger partial charge on any atom is -0.374 e. The van der Waals surface area contributed by atoms with Gasteiger partial charge in [-0.3, -0.25) is 0 Å². The van der Waals surface area contributed by atoms with Gasteiger partial charge in [0.2, 0.25) is 5.03 Å². The Morgan fingerprint density at radius 2 is 1.46 bits per heavy atom. The third-order valence-electron chi connectivity index (χ3n) is 3.87. The predicted molar refractivity (Wildman–Crippen MR) is 93.7 cm³/mol. The van der Waals surface area contributed by atoms with Gasteiger partial charge in [0.1, 0.15) is 6.73 Å². The molecule has 0 aliphatic carbocycles. The Morgan fingerprint density at radius 3 is 1.92 bits per heavy atom. The molecule has 6 nitrogen and oxygen atoms in total. The van der Waals surface area contributed by atoms with E-state index in [-0.39, 0.29) is 13.1 Å². The monoisotopic (exact) mass is 375 g/mol. The molecule has 1 heterocycles. The van der Waals surface area contributed by atoms with E-state index in [2.05, 4.69) is 5.10 Å². The summed E-state index contributed by atoms with van der Waals surface area (Å²) in [5.41, 5.74) is 1.53. The Balaban J connectivity index is 2.02. The molecule has 0 amide bonds. The summed E-state index contributed by atoms with van der Waals surface area (Å²) in [6.07, 6.45) is 0.784. The van der Waals surface area contributed by atoms with Crippen LogP contribution in [-0.4, -0.2) is 27.6 Å². The summed E-state index contributed by atoms with van der Waals surface area (Å²) in [4.78, 5) is 0. The molecule has 0 aliphatic heterocycles. The maximum atomic E-state index is 14.1. The molecule has 1 N–H and O–H groups in total. The van der Waals surface area contributed by atoms with Gasteiger partial charge >= 0.3 is 0 Å². The van der Waals surface area contributed by atoms with Crippen LogP contribution in [0.3, 0.4) is 0 Å². The molecule has 8 heteroatoms. The summed E-state index contributed by atoms with van der Waals surface area (Å²) in [5.74, 6) is -0.995. The fourth-order valence-electron chi connectivity index (χ4n) is 2.63. The molecule has 26 heavy (non-hydrogen) atoms. The van der Waals surface area contributed by atoms with Crippen LogP contribution >= 0.6 is 0 Å². The first kappa shape index (κ1) is 18.2. The number of aliphatic hydroxyl groups excluding tert-OH is 1. The van der Waals surface area contributed by atoms with Gasteiger partial charge in [0.05, 0.1) is 6.20 Å². The minimum absolute atomic E-state index is 0.0636. The first-order valence-electron chi connectivity index (χ1n) is 7.92. The Morgan fingerprint density at radius 1 is 0.962 bits per heavy atom. The molecular formula is C18H18FN3O3S. The molecule has 0 fully saturated rings. The molecule has 3 aromatic rings. The van der Waals surface area contributed by atoms with Gasteiger partial charge < -0.3 is 5.11 Å². The van der Waals surface area contributed by atoms with Crippen molar-refractivity contribution in [3.63, 3.8) is 0 Å². The molecule has 0 bridgehead atoms. The number of hydrogen-bond donors (Lipinski definition) is 1. The van der Waals surface area contributed by atoms with Gasteiger partial charge in [0.25, 0.3) is 10.0 Å². The Bertz CT molecular complexity index is 918. The number of hydrogen-bond acceptors (Lipinski definition) is 4. The standard InChI is InChI=1S/C18H18FN3O3S/c19-17-11-20-22(14-23)18(17)26(24,25)21(12-15-7-3-1-4-8-15)13-16-9-5-2-6-10-16/h1-11,23H,12-14H2. The van der Waals surface area contributed by atoms with Crippen LogP contribution < -0.4 is 0 Å². The molecule has 0 atom stereocenters. The molecule has 0 aliphatic rings. The molecule has 2 aromatic carbocycles. The molecule has 0 unspecified atom stereocenters. The van der Waals surface area contributed by atoms with Crippen LogP contribution in [0.1, 0.15) is 11.1 Å². The zero-order chi connectivity index (χ0) is 18.6. The lowest BCUT2D eigenvalue weighted by Crippen LogP contribution is -2.32. The van der Waals surface area contributed by atoms with E-state index in [1.165, 1.54) is 4.31 Å². The maximum Gasteiger partial charge on any atom is 0.263 e. The molecule has 0 radical (unpaired) electrons. The highest BCUT2D eigenvalue weighted by Crippen LogP contribution is 2.23. The summed E-state index contributed by atoms with van der Waals surface area (Å²) in [7, 11) is -4.23. The molecule has 1 aromatic heterocycles. The number of halogens is 1. The second-order valence-corrected chi connectivity index (χ2v) is 7.54. The van der Waals surface area contributed by atoms with Crippen molar-refractivity contribution in [1.29, 1.82) is 0 Å². The maximum absolute atomic E-state index is 14.1. The molecule has 3 rings (SSSR count). The van der Waals surface area contributed by atoms with Crippen LogP contribution in [0.4, 0.5) is 4.39 Å². The largest absolute Gasteiger partial charge is 0.374 e. The van der Waals surface area contributed by atoms with Crippen LogP contribution in [-0.2, 0) is 29.8 Å². The van der Waals surface area contributed by atoms with E-state index in [1.54, 1.807) is 48.5 Å². The first-order chi connectivity index (χ1) is 12.5. The van der Waals surface area contributed by atoms with Crippen molar-refractivity contribution >= 4 is 10.0 Å². The van der Waals surface area contributed by atoms with E-state index in [0.29, 0.717) is 0 Å². The molecule has 0 saturated heterocycles. The number of aromatic nitrogens is 2. The highest BCUT2D eigenvalue weighted by molar-refractivity contribution is 7.89. The van der Waals surface area contributed by atoms with Gasteiger partial charge in [-0.05, 0) is 11.1 Å². The summed E-state index contributed by atoms with van der Waals surface area (Å²) < 4.78 is 42.3. The van der Waals surface area contributed by atoms with Crippen LogP contribution in [0.5, 0.6) is 0 Å². The number of rotatable bonds is 7. The average molecular weight is 375 g/mol. The fraction of sp³-hybridized carbons (Fsp3) is 0.167. The lowest BCUT2D eigenvalue weighted by molar-refractivity contribution is 0.181.